The van der Waals surface area contributed by atoms with Gasteiger partial charge in [0.25, 0.3) is 5.91 Å². The van der Waals surface area contributed by atoms with Gasteiger partial charge in [-0.05, 0) is 54.7 Å². The molecule has 38 heavy (non-hydrogen) atoms. The van der Waals surface area contributed by atoms with Crippen LogP contribution < -0.4 is 10.6 Å². The highest BCUT2D eigenvalue weighted by Gasteiger charge is 2.32. The number of carbonyl (C=O) groups is 3. The normalized spacial score (nSPS) is 17.8. The molecule has 7 nitrogen and oxygen atoms in total. The number of anilines is 1. The summed E-state index contributed by atoms with van der Waals surface area (Å²) in [5.74, 6) is -0.461. The second kappa shape index (κ2) is 11.9. The number of amides is 3. The number of rotatable bonds is 8. The molecule has 194 valence electrons. The van der Waals surface area contributed by atoms with E-state index in [2.05, 4.69) is 21.7 Å². The van der Waals surface area contributed by atoms with Gasteiger partial charge in [-0.3, -0.25) is 19.4 Å². The third-order valence-electron chi connectivity index (χ3n) is 7.31. The van der Waals surface area contributed by atoms with Crippen LogP contribution in [0.25, 0.3) is 0 Å². The van der Waals surface area contributed by atoms with Gasteiger partial charge in [-0.2, -0.15) is 0 Å². The SMILES string of the molecule is O=C(N[C@@H](Cc1ccccc1)C(=O)N1CC=CCC1c1cccnc1)c1cccc(NC(=O)C2CCC2)c1. The van der Waals surface area contributed by atoms with Crippen molar-refractivity contribution in [2.24, 2.45) is 5.92 Å². The van der Waals surface area contributed by atoms with Gasteiger partial charge in [0.2, 0.25) is 11.8 Å². The summed E-state index contributed by atoms with van der Waals surface area (Å²) in [7, 11) is 0. The van der Waals surface area contributed by atoms with Crippen LogP contribution in [0.3, 0.4) is 0 Å². The quantitative estimate of drug-likeness (QED) is 0.432. The van der Waals surface area contributed by atoms with Gasteiger partial charge in [0.1, 0.15) is 6.04 Å². The molecule has 1 saturated carbocycles. The van der Waals surface area contributed by atoms with Gasteiger partial charge in [0.05, 0.1) is 6.04 Å². The zero-order valence-electron chi connectivity index (χ0n) is 21.3. The van der Waals surface area contributed by atoms with Crippen LogP contribution in [0.15, 0.2) is 91.3 Å². The molecule has 1 unspecified atom stereocenters. The number of nitrogens with one attached hydrogen (secondary N) is 2. The molecule has 3 aromatic rings. The highest BCUT2D eigenvalue weighted by atomic mass is 16.2. The van der Waals surface area contributed by atoms with E-state index in [1.807, 2.05) is 53.4 Å². The van der Waals surface area contributed by atoms with Crippen molar-refractivity contribution < 1.29 is 14.4 Å². The Bertz CT molecular complexity index is 1300. The molecule has 1 aliphatic heterocycles. The first-order valence-electron chi connectivity index (χ1n) is 13.2. The van der Waals surface area contributed by atoms with Gasteiger partial charge < -0.3 is 15.5 Å². The number of aromatic nitrogens is 1. The molecule has 0 saturated heterocycles. The van der Waals surface area contributed by atoms with Crippen molar-refractivity contribution in [1.29, 1.82) is 0 Å². The van der Waals surface area contributed by atoms with Crippen molar-refractivity contribution in [3.05, 3.63) is 108 Å². The van der Waals surface area contributed by atoms with Gasteiger partial charge in [-0.15, -0.1) is 0 Å². The summed E-state index contributed by atoms with van der Waals surface area (Å²) < 4.78 is 0. The molecule has 5 rings (SSSR count). The lowest BCUT2D eigenvalue weighted by atomic mass is 9.85. The van der Waals surface area contributed by atoms with Crippen LogP contribution >= 0.6 is 0 Å². The molecule has 3 amide bonds. The third kappa shape index (κ3) is 5.99. The smallest absolute Gasteiger partial charge is 0.252 e. The molecule has 0 radical (unpaired) electrons. The van der Waals surface area contributed by atoms with Crippen molar-refractivity contribution in [2.45, 2.75) is 44.2 Å². The Morgan fingerprint density at radius 1 is 0.974 bits per heavy atom. The number of hydrogen-bond donors (Lipinski definition) is 2. The Morgan fingerprint density at radius 2 is 1.82 bits per heavy atom. The second-order valence-electron chi connectivity index (χ2n) is 9.91. The van der Waals surface area contributed by atoms with Crippen molar-refractivity contribution in [3.8, 4) is 0 Å². The monoisotopic (exact) mass is 508 g/mol. The molecule has 2 N–H and O–H groups in total. The molecule has 0 spiro atoms. The summed E-state index contributed by atoms with van der Waals surface area (Å²) in [5.41, 5.74) is 2.89. The summed E-state index contributed by atoms with van der Waals surface area (Å²) in [6.07, 6.45) is 11.5. The van der Waals surface area contributed by atoms with E-state index in [4.69, 9.17) is 0 Å². The topological polar surface area (TPSA) is 91.4 Å². The van der Waals surface area contributed by atoms with E-state index in [0.29, 0.717) is 30.6 Å². The fourth-order valence-corrected chi connectivity index (χ4v) is 4.94. The van der Waals surface area contributed by atoms with Crippen LogP contribution in [-0.4, -0.2) is 40.2 Å². The number of nitrogens with zero attached hydrogens (tertiary/aromatic N) is 2. The van der Waals surface area contributed by atoms with Crippen LogP contribution in [0.4, 0.5) is 5.69 Å². The zero-order chi connectivity index (χ0) is 26.3. The number of pyridine rings is 1. The number of benzene rings is 2. The Morgan fingerprint density at radius 3 is 2.55 bits per heavy atom. The first-order valence-corrected chi connectivity index (χ1v) is 13.2. The van der Waals surface area contributed by atoms with E-state index in [0.717, 1.165) is 30.4 Å². The van der Waals surface area contributed by atoms with E-state index < -0.39 is 6.04 Å². The predicted molar refractivity (Wildman–Crippen MR) is 146 cm³/mol. The molecule has 1 fully saturated rings. The molecule has 0 bridgehead atoms. The Labute approximate surface area is 223 Å². The fourth-order valence-electron chi connectivity index (χ4n) is 4.94. The molecule has 7 heteroatoms. The summed E-state index contributed by atoms with van der Waals surface area (Å²) in [6, 6.07) is 19.5. The lowest BCUT2D eigenvalue weighted by Gasteiger charge is -2.36. The van der Waals surface area contributed by atoms with Crippen molar-refractivity contribution in [2.75, 3.05) is 11.9 Å². The maximum Gasteiger partial charge on any atom is 0.252 e. The van der Waals surface area contributed by atoms with E-state index in [-0.39, 0.29) is 29.7 Å². The van der Waals surface area contributed by atoms with Crippen molar-refractivity contribution in [1.82, 2.24) is 15.2 Å². The van der Waals surface area contributed by atoms with E-state index in [1.165, 1.54) is 0 Å². The van der Waals surface area contributed by atoms with Crippen LogP contribution in [-0.2, 0) is 16.0 Å². The predicted octanol–water partition coefficient (Wildman–Crippen LogP) is 4.69. The molecule has 2 aromatic carbocycles. The van der Waals surface area contributed by atoms with E-state index >= 15 is 0 Å². The summed E-state index contributed by atoms with van der Waals surface area (Å²) in [4.78, 5) is 45.8. The number of hydrogen-bond acceptors (Lipinski definition) is 4. The van der Waals surface area contributed by atoms with Crippen LogP contribution in [0.1, 0.15) is 53.2 Å². The Kier molecular flexibility index (Phi) is 7.92. The van der Waals surface area contributed by atoms with Crippen LogP contribution in [0, 0.1) is 5.92 Å². The molecule has 2 heterocycles. The van der Waals surface area contributed by atoms with Gasteiger partial charge in [-0.1, -0.05) is 61.0 Å². The molecule has 2 aliphatic rings. The van der Waals surface area contributed by atoms with E-state index in [1.54, 1.807) is 36.7 Å². The van der Waals surface area contributed by atoms with Crippen molar-refractivity contribution in [3.63, 3.8) is 0 Å². The fraction of sp³-hybridized carbons (Fsp3) is 0.290. The first-order chi connectivity index (χ1) is 18.6. The standard InChI is InChI=1S/C31H32N4O3/c36-29(23-11-6-12-23)33-26-15-7-13-24(20-26)30(37)34-27(19-22-9-2-1-3-10-22)31(38)35-18-5-4-16-28(35)25-14-8-17-32-21-25/h1-5,7-10,13-15,17,20-21,23,27-28H,6,11-12,16,18-19H2,(H,33,36)(H,34,37)/t27-,28?/m0/s1. The highest BCUT2D eigenvalue weighted by molar-refractivity contribution is 6.00. The summed E-state index contributed by atoms with van der Waals surface area (Å²) >= 11 is 0. The lowest BCUT2D eigenvalue weighted by Crippen LogP contribution is -2.51. The lowest BCUT2D eigenvalue weighted by molar-refractivity contribution is -0.135. The zero-order valence-corrected chi connectivity index (χ0v) is 21.3. The van der Waals surface area contributed by atoms with Crippen LogP contribution in [0.2, 0.25) is 0 Å². The van der Waals surface area contributed by atoms with Gasteiger partial charge in [-0.25, -0.2) is 0 Å². The maximum absolute atomic E-state index is 14.0. The second-order valence-corrected chi connectivity index (χ2v) is 9.91. The summed E-state index contributed by atoms with van der Waals surface area (Å²) in [6.45, 7) is 0.461. The van der Waals surface area contributed by atoms with Crippen molar-refractivity contribution >= 4 is 23.4 Å². The minimum Gasteiger partial charge on any atom is -0.340 e. The Hall–Kier alpha value is -4.26. The van der Waals surface area contributed by atoms with Crippen LogP contribution in [0.5, 0.6) is 0 Å². The van der Waals surface area contributed by atoms with Gasteiger partial charge in [0.15, 0.2) is 0 Å². The maximum atomic E-state index is 14.0. The largest absolute Gasteiger partial charge is 0.340 e. The minimum atomic E-state index is -0.760. The average molecular weight is 509 g/mol. The highest BCUT2D eigenvalue weighted by Crippen LogP contribution is 2.29. The molecule has 2 atom stereocenters. The number of carbonyl (C=O) groups excluding carboxylic acids is 3. The Balaban J connectivity index is 1.36. The first kappa shape index (κ1) is 25.4. The molecule has 1 aromatic heterocycles. The molecular weight excluding hydrogens is 476 g/mol. The minimum absolute atomic E-state index is 0.00876. The molecule has 1 aliphatic carbocycles. The van der Waals surface area contributed by atoms with Gasteiger partial charge in [0, 0.05) is 42.5 Å². The van der Waals surface area contributed by atoms with Gasteiger partial charge >= 0.3 is 0 Å². The third-order valence-corrected chi connectivity index (χ3v) is 7.31. The summed E-state index contributed by atoms with van der Waals surface area (Å²) in [5, 5.41) is 5.92. The molecular formula is C31H32N4O3. The van der Waals surface area contributed by atoms with E-state index in [9.17, 15) is 14.4 Å². The average Bonchev–Trinajstić information content (AvgIpc) is 2.92.